The van der Waals surface area contributed by atoms with Crippen molar-refractivity contribution >= 4 is 5.78 Å². The molecule has 0 aliphatic heterocycles. The number of carbonyl (C=O) groups excluding carboxylic acids is 1. The van der Waals surface area contributed by atoms with Crippen molar-refractivity contribution in [1.29, 1.82) is 0 Å². The van der Waals surface area contributed by atoms with E-state index in [2.05, 4.69) is 0 Å². The third-order valence-corrected chi connectivity index (χ3v) is 2.92. The topological polar surface area (TPSA) is 43.1 Å². The van der Waals surface area contributed by atoms with Crippen molar-refractivity contribution in [2.75, 3.05) is 0 Å². The van der Waals surface area contributed by atoms with Gasteiger partial charge in [0.05, 0.1) is 0 Å². The van der Waals surface area contributed by atoms with Gasteiger partial charge in [0.25, 0.3) is 0 Å². The second-order valence-corrected chi connectivity index (χ2v) is 3.86. The minimum absolute atomic E-state index is 0.314. The molecule has 66 valence electrons. The highest BCUT2D eigenvalue weighted by Crippen LogP contribution is 2.32. The Labute approximate surface area is 72.8 Å². The number of allylic oxidation sites excluding steroid dienone is 1. The first kappa shape index (κ1) is 7.99. The summed E-state index contributed by atoms with van der Waals surface area (Å²) in [5.41, 5.74) is 8.34. The molecular formula is C10H15NO. The zero-order valence-corrected chi connectivity index (χ0v) is 7.31. The van der Waals surface area contributed by atoms with Crippen molar-refractivity contribution in [3.8, 4) is 0 Å². The smallest absolute Gasteiger partial charge is 0.158 e. The summed E-state index contributed by atoms with van der Waals surface area (Å²) in [6.45, 7) is 0. The largest absolute Gasteiger partial charge is 0.327 e. The van der Waals surface area contributed by atoms with Gasteiger partial charge in [-0.05, 0) is 37.7 Å². The van der Waals surface area contributed by atoms with Crippen LogP contribution >= 0.6 is 0 Å². The van der Waals surface area contributed by atoms with E-state index in [1.807, 2.05) is 0 Å². The highest BCUT2D eigenvalue weighted by Gasteiger charge is 2.25. The lowest BCUT2D eigenvalue weighted by Crippen LogP contribution is -2.28. The summed E-state index contributed by atoms with van der Waals surface area (Å²) >= 11 is 0. The number of rotatable bonds is 0. The van der Waals surface area contributed by atoms with E-state index in [9.17, 15) is 4.79 Å². The standard InChI is InChI=1S/C10H15NO/c11-8-4-5-9-7(6-8)2-1-3-10(9)12/h8H,1-6,11H2. The molecule has 1 atom stereocenters. The van der Waals surface area contributed by atoms with E-state index in [1.165, 1.54) is 5.57 Å². The Balaban J connectivity index is 2.24. The Hall–Kier alpha value is -0.630. The molecule has 0 fully saturated rings. The number of hydrogen-bond acceptors (Lipinski definition) is 2. The zero-order chi connectivity index (χ0) is 8.55. The monoisotopic (exact) mass is 165 g/mol. The normalized spacial score (nSPS) is 30.4. The minimum atomic E-state index is 0.314. The number of ketones is 1. The SMILES string of the molecule is NC1CCC2=C(CCCC2=O)C1. The summed E-state index contributed by atoms with van der Waals surface area (Å²) in [5, 5.41) is 0. The molecule has 0 spiro atoms. The van der Waals surface area contributed by atoms with E-state index in [-0.39, 0.29) is 0 Å². The van der Waals surface area contributed by atoms with Crippen LogP contribution in [0, 0.1) is 0 Å². The molecule has 0 heterocycles. The fourth-order valence-corrected chi connectivity index (χ4v) is 2.25. The summed E-state index contributed by atoms with van der Waals surface area (Å²) < 4.78 is 0. The number of Topliss-reactive ketones (excluding diaryl/α,β-unsaturated/α-hetero) is 1. The van der Waals surface area contributed by atoms with Gasteiger partial charge in [-0.2, -0.15) is 0 Å². The Bertz CT molecular complexity index is 242. The van der Waals surface area contributed by atoms with Crippen LogP contribution in [0.1, 0.15) is 38.5 Å². The molecule has 0 saturated carbocycles. The van der Waals surface area contributed by atoms with Crippen LogP contribution in [0.3, 0.4) is 0 Å². The van der Waals surface area contributed by atoms with E-state index in [4.69, 9.17) is 5.73 Å². The molecule has 0 aromatic carbocycles. The Kier molecular flexibility index (Phi) is 2.01. The van der Waals surface area contributed by atoms with Crippen LogP contribution in [0.5, 0.6) is 0 Å². The summed E-state index contributed by atoms with van der Waals surface area (Å²) in [6.07, 6.45) is 5.86. The first-order chi connectivity index (χ1) is 5.77. The first-order valence-corrected chi connectivity index (χ1v) is 4.77. The van der Waals surface area contributed by atoms with E-state index in [0.29, 0.717) is 11.8 Å². The Morgan fingerprint density at radius 3 is 2.92 bits per heavy atom. The summed E-state index contributed by atoms with van der Waals surface area (Å²) in [5.74, 6) is 0.392. The van der Waals surface area contributed by atoms with E-state index >= 15 is 0 Å². The van der Waals surface area contributed by atoms with Gasteiger partial charge in [0.15, 0.2) is 5.78 Å². The molecular weight excluding hydrogens is 150 g/mol. The molecule has 1 unspecified atom stereocenters. The molecule has 2 nitrogen and oxygen atoms in total. The van der Waals surface area contributed by atoms with Crippen molar-refractivity contribution in [1.82, 2.24) is 0 Å². The molecule has 2 aliphatic rings. The molecule has 2 aliphatic carbocycles. The lowest BCUT2D eigenvalue weighted by atomic mass is 9.80. The maximum absolute atomic E-state index is 11.4. The van der Waals surface area contributed by atoms with Crippen molar-refractivity contribution in [3.63, 3.8) is 0 Å². The van der Waals surface area contributed by atoms with Crippen LogP contribution in [-0.2, 0) is 4.79 Å². The Morgan fingerprint density at radius 1 is 1.25 bits per heavy atom. The third-order valence-electron chi connectivity index (χ3n) is 2.92. The fraction of sp³-hybridized carbons (Fsp3) is 0.700. The summed E-state index contributed by atoms with van der Waals surface area (Å²) in [6, 6.07) is 0.314. The van der Waals surface area contributed by atoms with Crippen molar-refractivity contribution in [3.05, 3.63) is 11.1 Å². The van der Waals surface area contributed by atoms with Gasteiger partial charge in [-0.25, -0.2) is 0 Å². The Morgan fingerprint density at radius 2 is 2.08 bits per heavy atom. The quantitative estimate of drug-likeness (QED) is 0.591. The van der Waals surface area contributed by atoms with Crippen LogP contribution in [0.15, 0.2) is 11.1 Å². The average Bonchev–Trinajstić information content (AvgIpc) is 2.04. The van der Waals surface area contributed by atoms with Gasteiger partial charge in [0.1, 0.15) is 0 Å². The molecule has 0 bridgehead atoms. The second-order valence-electron chi connectivity index (χ2n) is 3.86. The van der Waals surface area contributed by atoms with Gasteiger partial charge in [-0.3, -0.25) is 4.79 Å². The average molecular weight is 165 g/mol. The first-order valence-electron chi connectivity index (χ1n) is 4.77. The minimum Gasteiger partial charge on any atom is -0.327 e. The van der Waals surface area contributed by atoms with Crippen molar-refractivity contribution in [2.45, 2.75) is 44.6 Å². The third kappa shape index (κ3) is 1.31. The number of nitrogens with two attached hydrogens (primary N) is 1. The molecule has 0 radical (unpaired) electrons. The molecule has 0 saturated heterocycles. The lowest BCUT2D eigenvalue weighted by molar-refractivity contribution is -0.116. The molecule has 2 rings (SSSR count). The molecule has 0 amide bonds. The van der Waals surface area contributed by atoms with Crippen molar-refractivity contribution in [2.24, 2.45) is 5.73 Å². The number of carbonyl (C=O) groups is 1. The van der Waals surface area contributed by atoms with Gasteiger partial charge in [0.2, 0.25) is 0 Å². The van der Waals surface area contributed by atoms with Gasteiger partial charge in [-0.15, -0.1) is 0 Å². The van der Waals surface area contributed by atoms with E-state index in [0.717, 1.165) is 44.1 Å². The molecule has 12 heavy (non-hydrogen) atoms. The predicted molar refractivity (Wildman–Crippen MR) is 47.7 cm³/mol. The van der Waals surface area contributed by atoms with Crippen LogP contribution in [0.2, 0.25) is 0 Å². The molecule has 2 heteroatoms. The van der Waals surface area contributed by atoms with Gasteiger partial charge >= 0.3 is 0 Å². The highest BCUT2D eigenvalue weighted by molar-refractivity contribution is 5.97. The summed E-state index contributed by atoms with van der Waals surface area (Å²) in [4.78, 5) is 11.4. The number of hydrogen-bond donors (Lipinski definition) is 1. The molecule has 0 aromatic heterocycles. The van der Waals surface area contributed by atoms with Crippen LogP contribution in [0.25, 0.3) is 0 Å². The molecule has 0 aromatic rings. The van der Waals surface area contributed by atoms with Crippen LogP contribution < -0.4 is 5.73 Å². The van der Waals surface area contributed by atoms with Crippen LogP contribution in [-0.4, -0.2) is 11.8 Å². The van der Waals surface area contributed by atoms with Gasteiger partial charge < -0.3 is 5.73 Å². The van der Waals surface area contributed by atoms with Gasteiger partial charge in [0, 0.05) is 12.5 Å². The maximum atomic E-state index is 11.4. The summed E-state index contributed by atoms with van der Waals surface area (Å²) in [7, 11) is 0. The van der Waals surface area contributed by atoms with E-state index in [1.54, 1.807) is 0 Å². The fourth-order valence-electron chi connectivity index (χ4n) is 2.25. The maximum Gasteiger partial charge on any atom is 0.158 e. The predicted octanol–water partition coefficient (Wildman–Crippen LogP) is 1.55. The highest BCUT2D eigenvalue weighted by atomic mass is 16.1. The van der Waals surface area contributed by atoms with E-state index < -0.39 is 0 Å². The molecule has 2 N–H and O–H groups in total. The second kappa shape index (κ2) is 3.02. The van der Waals surface area contributed by atoms with Gasteiger partial charge in [-0.1, -0.05) is 5.57 Å². The van der Waals surface area contributed by atoms with Crippen molar-refractivity contribution < 1.29 is 4.79 Å². The lowest BCUT2D eigenvalue weighted by Gasteiger charge is -2.27. The zero-order valence-electron chi connectivity index (χ0n) is 7.31. The van der Waals surface area contributed by atoms with Crippen LogP contribution in [0.4, 0.5) is 0 Å².